The second kappa shape index (κ2) is 3.82. The van der Waals surface area contributed by atoms with Gasteiger partial charge in [0.25, 0.3) is 0 Å². The average molecular weight is 235 g/mol. The SMILES string of the molecule is Cc1nn(C2CCOCC2)c(C)c1C1(N)CC1. The molecule has 2 N–H and O–H groups in total. The molecule has 1 aliphatic heterocycles. The molecule has 4 heteroatoms. The van der Waals surface area contributed by atoms with Gasteiger partial charge in [0.1, 0.15) is 0 Å². The normalized spacial score (nSPS) is 23.9. The van der Waals surface area contributed by atoms with E-state index >= 15 is 0 Å². The van der Waals surface area contributed by atoms with Gasteiger partial charge in [0.2, 0.25) is 0 Å². The van der Waals surface area contributed by atoms with Gasteiger partial charge < -0.3 is 10.5 Å². The molecule has 0 atom stereocenters. The van der Waals surface area contributed by atoms with Crippen LogP contribution in [0.3, 0.4) is 0 Å². The van der Waals surface area contributed by atoms with Gasteiger partial charge in [-0.3, -0.25) is 4.68 Å². The van der Waals surface area contributed by atoms with Crippen LogP contribution in [0.5, 0.6) is 0 Å². The van der Waals surface area contributed by atoms with E-state index in [2.05, 4.69) is 18.5 Å². The molecule has 0 bridgehead atoms. The van der Waals surface area contributed by atoms with E-state index in [9.17, 15) is 0 Å². The minimum Gasteiger partial charge on any atom is -0.381 e. The van der Waals surface area contributed by atoms with Gasteiger partial charge in [-0.15, -0.1) is 0 Å². The minimum atomic E-state index is -0.0718. The summed E-state index contributed by atoms with van der Waals surface area (Å²) in [5, 5.41) is 4.72. The summed E-state index contributed by atoms with van der Waals surface area (Å²) in [4.78, 5) is 0. The standard InChI is InChI=1S/C13H21N3O/c1-9-12(13(14)5-6-13)10(2)16(15-9)11-3-7-17-8-4-11/h11H,3-8,14H2,1-2H3. The summed E-state index contributed by atoms with van der Waals surface area (Å²) < 4.78 is 7.61. The molecule has 1 saturated heterocycles. The third kappa shape index (κ3) is 1.79. The van der Waals surface area contributed by atoms with Crippen molar-refractivity contribution in [3.63, 3.8) is 0 Å². The van der Waals surface area contributed by atoms with Crippen LogP contribution in [0.1, 0.15) is 48.7 Å². The highest BCUT2D eigenvalue weighted by atomic mass is 16.5. The molecule has 94 valence electrons. The van der Waals surface area contributed by atoms with Gasteiger partial charge in [0.15, 0.2) is 0 Å². The first-order chi connectivity index (χ1) is 8.12. The van der Waals surface area contributed by atoms with Crippen molar-refractivity contribution in [2.75, 3.05) is 13.2 Å². The molecule has 0 amide bonds. The Morgan fingerprint density at radius 3 is 2.53 bits per heavy atom. The van der Waals surface area contributed by atoms with Gasteiger partial charge >= 0.3 is 0 Å². The predicted molar refractivity (Wildman–Crippen MR) is 65.9 cm³/mol. The molecule has 0 aromatic carbocycles. The van der Waals surface area contributed by atoms with Crippen LogP contribution < -0.4 is 5.73 Å². The number of hydrogen-bond acceptors (Lipinski definition) is 3. The summed E-state index contributed by atoms with van der Waals surface area (Å²) in [7, 11) is 0. The molecule has 1 aromatic rings. The first kappa shape index (κ1) is 11.2. The molecule has 17 heavy (non-hydrogen) atoms. The van der Waals surface area contributed by atoms with Gasteiger partial charge in [-0.25, -0.2) is 0 Å². The molecule has 3 rings (SSSR count). The fraction of sp³-hybridized carbons (Fsp3) is 0.769. The monoisotopic (exact) mass is 235 g/mol. The van der Waals surface area contributed by atoms with Crippen molar-refractivity contribution in [2.45, 2.75) is 51.1 Å². The van der Waals surface area contributed by atoms with Crippen LogP contribution in [0.4, 0.5) is 0 Å². The molecule has 1 aliphatic carbocycles. The maximum Gasteiger partial charge on any atom is 0.0647 e. The molecule has 2 heterocycles. The second-order valence-electron chi connectivity index (χ2n) is 5.49. The summed E-state index contributed by atoms with van der Waals surface area (Å²) in [6, 6.07) is 0.499. The molecular weight excluding hydrogens is 214 g/mol. The van der Waals surface area contributed by atoms with Gasteiger partial charge in [-0.1, -0.05) is 0 Å². The van der Waals surface area contributed by atoms with Crippen LogP contribution in [0.2, 0.25) is 0 Å². The number of aryl methyl sites for hydroxylation is 1. The van der Waals surface area contributed by atoms with Crippen molar-refractivity contribution in [3.8, 4) is 0 Å². The molecule has 4 nitrogen and oxygen atoms in total. The van der Waals surface area contributed by atoms with E-state index in [1.165, 1.54) is 11.3 Å². The summed E-state index contributed by atoms with van der Waals surface area (Å²) >= 11 is 0. The van der Waals surface area contributed by atoms with E-state index in [0.29, 0.717) is 6.04 Å². The highest BCUT2D eigenvalue weighted by molar-refractivity contribution is 5.37. The molecule has 2 aliphatic rings. The van der Waals surface area contributed by atoms with Crippen molar-refractivity contribution in [1.82, 2.24) is 9.78 Å². The van der Waals surface area contributed by atoms with E-state index in [4.69, 9.17) is 15.6 Å². The van der Waals surface area contributed by atoms with Crippen LogP contribution in [0.25, 0.3) is 0 Å². The Kier molecular flexibility index (Phi) is 2.52. The summed E-state index contributed by atoms with van der Waals surface area (Å²) in [5.74, 6) is 0. The highest BCUT2D eigenvalue weighted by Gasteiger charge is 2.44. The zero-order chi connectivity index (χ0) is 12.0. The Hall–Kier alpha value is -0.870. The van der Waals surface area contributed by atoms with E-state index in [1.54, 1.807) is 0 Å². The van der Waals surface area contributed by atoms with Crippen molar-refractivity contribution in [1.29, 1.82) is 0 Å². The Morgan fingerprint density at radius 1 is 1.29 bits per heavy atom. The third-order valence-corrected chi connectivity index (χ3v) is 4.15. The maximum absolute atomic E-state index is 6.33. The number of nitrogens with zero attached hydrogens (tertiary/aromatic N) is 2. The average Bonchev–Trinajstić information content (AvgIpc) is 2.97. The Bertz CT molecular complexity index is 428. The van der Waals surface area contributed by atoms with Crippen molar-refractivity contribution < 1.29 is 4.74 Å². The maximum atomic E-state index is 6.33. The second-order valence-corrected chi connectivity index (χ2v) is 5.49. The van der Waals surface area contributed by atoms with Crippen molar-refractivity contribution in [3.05, 3.63) is 17.0 Å². The third-order valence-electron chi connectivity index (χ3n) is 4.15. The predicted octanol–water partition coefficient (Wildman–Crippen LogP) is 1.80. The smallest absolute Gasteiger partial charge is 0.0647 e. The van der Waals surface area contributed by atoms with Gasteiger partial charge in [0, 0.05) is 30.0 Å². The fourth-order valence-electron chi connectivity index (χ4n) is 3.05. The Balaban J connectivity index is 1.95. The molecular formula is C13H21N3O. The first-order valence-electron chi connectivity index (χ1n) is 6.55. The molecule has 1 aromatic heterocycles. The van der Waals surface area contributed by atoms with Crippen molar-refractivity contribution >= 4 is 0 Å². The largest absolute Gasteiger partial charge is 0.381 e. The number of aromatic nitrogens is 2. The minimum absolute atomic E-state index is 0.0718. The van der Waals surface area contributed by atoms with Crippen LogP contribution >= 0.6 is 0 Å². The van der Waals surface area contributed by atoms with E-state index < -0.39 is 0 Å². The Labute approximate surface area is 102 Å². The summed E-state index contributed by atoms with van der Waals surface area (Å²) in [6.45, 7) is 5.96. The van der Waals surface area contributed by atoms with Crippen LogP contribution in [0, 0.1) is 13.8 Å². The lowest BCUT2D eigenvalue weighted by atomic mass is 10.0. The number of rotatable bonds is 2. The molecule has 1 saturated carbocycles. The summed E-state index contributed by atoms with van der Waals surface area (Å²) in [6.07, 6.45) is 4.35. The number of hydrogen-bond donors (Lipinski definition) is 1. The molecule has 0 spiro atoms. The van der Waals surface area contributed by atoms with Gasteiger partial charge in [-0.05, 0) is 39.5 Å². The van der Waals surface area contributed by atoms with Crippen LogP contribution in [0.15, 0.2) is 0 Å². The molecule has 0 radical (unpaired) electrons. The molecule has 0 unspecified atom stereocenters. The van der Waals surface area contributed by atoms with Crippen LogP contribution in [-0.4, -0.2) is 23.0 Å². The van der Waals surface area contributed by atoms with Crippen LogP contribution in [-0.2, 0) is 10.3 Å². The van der Waals surface area contributed by atoms with Gasteiger partial charge in [0.05, 0.1) is 11.7 Å². The number of ether oxygens (including phenoxy) is 1. The lowest BCUT2D eigenvalue weighted by Gasteiger charge is -2.24. The lowest BCUT2D eigenvalue weighted by molar-refractivity contribution is 0.0655. The zero-order valence-electron chi connectivity index (χ0n) is 10.7. The lowest BCUT2D eigenvalue weighted by Crippen LogP contribution is -2.23. The van der Waals surface area contributed by atoms with E-state index in [1.807, 2.05) is 0 Å². The zero-order valence-corrected chi connectivity index (χ0v) is 10.7. The molecule has 2 fully saturated rings. The first-order valence-corrected chi connectivity index (χ1v) is 6.55. The van der Waals surface area contributed by atoms with Crippen molar-refractivity contribution in [2.24, 2.45) is 5.73 Å². The quantitative estimate of drug-likeness (QED) is 0.850. The van der Waals surface area contributed by atoms with E-state index in [-0.39, 0.29) is 5.54 Å². The topological polar surface area (TPSA) is 53.1 Å². The van der Waals surface area contributed by atoms with E-state index in [0.717, 1.165) is 44.6 Å². The Morgan fingerprint density at radius 2 is 1.94 bits per heavy atom. The summed E-state index contributed by atoms with van der Waals surface area (Å²) in [5.41, 5.74) is 9.95. The fourth-order valence-corrected chi connectivity index (χ4v) is 3.05. The highest BCUT2D eigenvalue weighted by Crippen LogP contribution is 2.45. The van der Waals surface area contributed by atoms with Gasteiger partial charge in [-0.2, -0.15) is 5.10 Å². The number of nitrogens with two attached hydrogens (primary N) is 1.